The van der Waals surface area contributed by atoms with E-state index in [1.54, 1.807) is 17.6 Å². The lowest BCUT2D eigenvalue weighted by Gasteiger charge is -2.34. The zero-order chi connectivity index (χ0) is 27.9. The minimum absolute atomic E-state index is 0.0317. The van der Waals surface area contributed by atoms with Gasteiger partial charge in [0.1, 0.15) is 5.82 Å². The van der Waals surface area contributed by atoms with Crippen LogP contribution < -0.4 is 16.2 Å². The third-order valence-electron chi connectivity index (χ3n) is 8.04. The van der Waals surface area contributed by atoms with Crippen LogP contribution in [0.15, 0.2) is 41.3 Å². The number of hydrogen-bond acceptors (Lipinski definition) is 5. The van der Waals surface area contributed by atoms with E-state index in [1.165, 1.54) is 6.07 Å². The molecule has 5 rings (SSSR count). The number of amides is 1. The molecule has 39 heavy (non-hydrogen) atoms. The summed E-state index contributed by atoms with van der Waals surface area (Å²) >= 11 is 0. The molecule has 208 valence electrons. The summed E-state index contributed by atoms with van der Waals surface area (Å²) < 4.78 is 16.7. The summed E-state index contributed by atoms with van der Waals surface area (Å²) in [6.45, 7) is 11.5. The van der Waals surface area contributed by atoms with Crippen LogP contribution in [0.5, 0.6) is 0 Å². The molecule has 0 bridgehead atoms. The number of rotatable bonds is 8. The van der Waals surface area contributed by atoms with Crippen molar-refractivity contribution in [1.29, 1.82) is 0 Å². The van der Waals surface area contributed by atoms with Gasteiger partial charge in [0.05, 0.1) is 0 Å². The summed E-state index contributed by atoms with van der Waals surface area (Å²) in [5, 5.41) is 17.6. The van der Waals surface area contributed by atoms with Gasteiger partial charge in [-0.05, 0) is 78.6 Å². The lowest BCUT2D eigenvalue weighted by Crippen LogP contribution is -2.49. The lowest BCUT2D eigenvalue weighted by atomic mass is 9.93. The van der Waals surface area contributed by atoms with Crippen LogP contribution in [0, 0.1) is 18.2 Å². The number of aliphatic hydroxyl groups is 1. The molecular weight excluding hydrogens is 495 g/mol. The molecule has 2 aliphatic rings. The van der Waals surface area contributed by atoms with Crippen LogP contribution in [0.4, 0.5) is 4.39 Å². The highest BCUT2D eigenvalue weighted by molar-refractivity contribution is 5.97. The van der Waals surface area contributed by atoms with Crippen LogP contribution in [0.1, 0.15) is 55.1 Å². The van der Waals surface area contributed by atoms with Gasteiger partial charge in [0.25, 0.3) is 11.5 Å². The van der Waals surface area contributed by atoms with Crippen molar-refractivity contribution in [3.63, 3.8) is 0 Å². The second kappa shape index (κ2) is 10.8. The molecule has 0 spiro atoms. The van der Waals surface area contributed by atoms with Gasteiger partial charge < -0.3 is 20.3 Å². The van der Waals surface area contributed by atoms with Gasteiger partial charge in [-0.2, -0.15) is 0 Å². The first-order valence-electron chi connectivity index (χ1n) is 13.9. The van der Waals surface area contributed by atoms with Crippen molar-refractivity contribution in [2.45, 2.75) is 65.7 Å². The Hall–Kier alpha value is -3.07. The Labute approximate surface area is 229 Å². The number of piperazine rings is 1. The van der Waals surface area contributed by atoms with E-state index in [0.717, 1.165) is 49.0 Å². The van der Waals surface area contributed by atoms with Crippen LogP contribution in [-0.2, 0) is 13.1 Å². The van der Waals surface area contributed by atoms with Gasteiger partial charge in [-0.3, -0.25) is 14.5 Å². The zero-order valence-corrected chi connectivity index (χ0v) is 23.3. The second-order valence-corrected chi connectivity index (χ2v) is 12.1. The van der Waals surface area contributed by atoms with Crippen LogP contribution in [0.2, 0.25) is 0 Å². The standard InChI is InChI=1S/C31H39FN4O3/c1-19-14-33-9-10-35(19)15-23-16-36(17-31(3,4)18-37)30(39)25-8-5-21(11-27(23)25)26-12-22(13-28(32)20(26)2)29(38)34-24-6-7-24/h5,8,11-13,16,19,24,33,37H,6-7,9-10,14-15,17-18H2,1-4H3,(H,34,38)/t19-/m0/s1. The molecule has 8 heteroatoms. The molecular formula is C31H39FN4O3. The van der Waals surface area contributed by atoms with Crippen molar-refractivity contribution in [2.75, 3.05) is 26.2 Å². The van der Waals surface area contributed by atoms with Crippen molar-refractivity contribution < 1.29 is 14.3 Å². The Morgan fingerprint density at radius 2 is 1.97 bits per heavy atom. The molecule has 2 heterocycles. The summed E-state index contributed by atoms with van der Waals surface area (Å²) in [5.74, 6) is -0.689. The van der Waals surface area contributed by atoms with Crippen molar-refractivity contribution in [3.8, 4) is 11.1 Å². The minimum atomic E-state index is -0.451. The Morgan fingerprint density at radius 1 is 1.21 bits per heavy atom. The molecule has 3 N–H and O–H groups in total. The largest absolute Gasteiger partial charge is 0.396 e. The van der Waals surface area contributed by atoms with Crippen LogP contribution in [0.3, 0.4) is 0 Å². The summed E-state index contributed by atoms with van der Waals surface area (Å²) in [6, 6.07) is 9.19. The second-order valence-electron chi connectivity index (χ2n) is 12.1. The fraction of sp³-hybridized carbons (Fsp3) is 0.484. The van der Waals surface area contributed by atoms with Gasteiger partial charge in [-0.15, -0.1) is 0 Å². The molecule has 0 unspecified atom stereocenters. The number of nitrogens with one attached hydrogen (secondary N) is 2. The quantitative estimate of drug-likeness (QED) is 0.409. The van der Waals surface area contributed by atoms with Crippen LogP contribution >= 0.6 is 0 Å². The highest BCUT2D eigenvalue weighted by Gasteiger charge is 2.26. The van der Waals surface area contributed by atoms with Crippen molar-refractivity contribution >= 4 is 16.7 Å². The fourth-order valence-corrected chi connectivity index (χ4v) is 5.33. The van der Waals surface area contributed by atoms with Gasteiger partial charge in [-0.1, -0.05) is 19.9 Å². The molecule has 1 atom stereocenters. The first-order chi connectivity index (χ1) is 18.6. The molecule has 0 radical (unpaired) electrons. The number of hydrogen-bond donors (Lipinski definition) is 3. The molecule has 1 aliphatic heterocycles. The highest BCUT2D eigenvalue weighted by Crippen LogP contribution is 2.31. The number of halogens is 1. The Kier molecular flexibility index (Phi) is 7.64. The number of aliphatic hydroxyl groups excluding tert-OH is 1. The summed E-state index contributed by atoms with van der Waals surface area (Å²) in [6.07, 6.45) is 3.84. The van der Waals surface area contributed by atoms with Gasteiger partial charge in [0.2, 0.25) is 0 Å². The average molecular weight is 535 g/mol. The van der Waals surface area contributed by atoms with E-state index in [-0.39, 0.29) is 24.1 Å². The predicted octanol–water partition coefficient (Wildman–Crippen LogP) is 3.82. The van der Waals surface area contributed by atoms with Gasteiger partial charge in [0.15, 0.2) is 0 Å². The summed E-state index contributed by atoms with van der Waals surface area (Å²) in [5.41, 5.74) is 2.62. The number of aromatic nitrogens is 1. The van der Waals surface area contributed by atoms with Crippen molar-refractivity contribution in [2.24, 2.45) is 5.41 Å². The van der Waals surface area contributed by atoms with E-state index in [2.05, 4.69) is 22.5 Å². The van der Waals surface area contributed by atoms with Gasteiger partial charge in [-0.25, -0.2) is 4.39 Å². The first-order valence-corrected chi connectivity index (χ1v) is 13.9. The molecule has 1 amide bonds. The molecule has 1 aliphatic carbocycles. The molecule has 1 saturated heterocycles. The predicted molar refractivity (Wildman–Crippen MR) is 152 cm³/mol. The monoisotopic (exact) mass is 534 g/mol. The fourth-order valence-electron chi connectivity index (χ4n) is 5.33. The van der Waals surface area contributed by atoms with Gasteiger partial charge >= 0.3 is 0 Å². The molecule has 2 aromatic carbocycles. The van der Waals surface area contributed by atoms with E-state index in [4.69, 9.17) is 0 Å². The Morgan fingerprint density at radius 3 is 2.67 bits per heavy atom. The van der Waals surface area contributed by atoms with E-state index >= 15 is 4.39 Å². The number of nitrogens with zero attached hydrogens (tertiary/aromatic N) is 2. The number of benzene rings is 2. The molecule has 1 aromatic heterocycles. The third kappa shape index (κ3) is 5.93. The Balaban J connectivity index is 1.62. The normalized spacial score (nSPS) is 18.5. The number of carbonyl (C=O) groups is 1. The van der Waals surface area contributed by atoms with E-state index in [0.29, 0.717) is 41.2 Å². The maximum atomic E-state index is 15.0. The SMILES string of the molecule is Cc1c(F)cc(C(=O)NC2CC2)cc1-c1ccc2c(=O)n(CC(C)(C)CO)cc(CN3CCNC[C@@H]3C)c2c1. The lowest BCUT2D eigenvalue weighted by molar-refractivity contribution is 0.0950. The summed E-state index contributed by atoms with van der Waals surface area (Å²) in [7, 11) is 0. The smallest absolute Gasteiger partial charge is 0.258 e. The maximum absolute atomic E-state index is 15.0. The molecule has 1 saturated carbocycles. The van der Waals surface area contributed by atoms with Crippen LogP contribution in [-0.4, -0.2) is 58.8 Å². The zero-order valence-electron chi connectivity index (χ0n) is 23.3. The van der Waals surface area contributed by atoms with Crippen molar-refractivity contribution in [3.05, 3.63) is 69.4 Å². The highest BCUT2D eigenvalue weighted by atomic mass is 19.1. The number of pyridine rings is 1. The first kappa shape index (κ1) is 27.5. The average Bonchev–Trinajstić information content (AvgIpc) is 3.73. The summed E-state index contributed by atoms with van der Waals surface area (Å²) in [4.78, 5) is 28.7. The minimum Gasteiger partial charge on any atom is -0.396 e. The van der Waals surface area contributed by atoms with Crippen LogP contribution in [0.25, 0.3) is 21.9 Å². The number of fused-ring (bicyclic) bond motifs is 1. The third-order valence-corrected chi connectivity index (χ3v) is 8.04. The van der Waals surface area contributed by atoms with Gasteiger partial charge in [0, 0.05) is 74.0 Å². The molecule has 3 aromatic rings. The van der Waals surface area contributed by atoms with E-state index in [9.17, 15) is 14.7 Å². The van der Waals surface area contributed by atoms with E-state index < -0.39 is 11.2 Å². The molecule has 2 fully saturated rings. The topological polar surface area (TPSA) is 86.6 Å². The number of carbonyl (C=O) groups excluding carboxylic acids is 1. The molecule has 7 nitrogen and oxygen atoms in total. The Bertz CT molecular complexity index is 1460. The van der Waals surface area contributed by atoms with Crippen molar-refractivity contribution in [1.82, 2.24) is 20.1 Å². The van der Waals surface area contributed by atoms with E-state index in [1.807, 2.05) is 38.2 Å². The maximum Gasteiger partial charge on any atom is 0.258 e.